The summed E-state index contributed by atoms with van der Waals surface area (Å²) in [5.74, 6) is -0.333. The highest BCUT2D eigenvalue weighted by Crippen LogP contribution is 2.34. The van der Waals surface area contributed by atoms with Crippen LogP contribution >= 0.6 is 0 Å². The average molecular weight is 312 g/mol. The Kier molecular flexibility index (Phi) is 3.82. The van der Waals surface area contributed by atoms with Crippen molar-refractivity contribution < 1.29 is 22.4 Å². The number of rotatable bonds is 5. The zero-order chi connectivity index (χ0) is 15.8. The summed E-state index contributed by atoms with van der Waals surface area (Å²) in [6.45, 7) is 3.61. The van der Waals surface area contributed by atoms with Gasteiger partial charge >= 0.3 is 0 Å². The van der Waals surface area contributed by atoms with Crippen molar-refractivity contribution in [2.45, 2.75) is 20.0 Å². The Balaban J connectivity index is 2.63. The average Bonchev–Trinajstić information content (AvgIpc) is 2.69. The quantitative estimate of drug-likeness (QED) is 0.872. The first-order valence-corrected chi connectivity index (χ1v) is 8.06. The Bertz CT molecular complexity index is 792. The monoisotopic (exact) mass is 312 g/mol. The van der Waals surface area contributed by atoms with E-state index in [0.717, 1.165) is 6.26 Å². The molecule has 0 atom stereocenters. The molecule has 2 aromatic rings. The first-order valence-electron chi connectivity index (χ1n) is 6.17. The third kappa shape index (κ3) is 3.46. The third-order valence-electron chi connectivity index (χ3n) is 2.60. The van der Waals surface area contributed by atoms with Gasteiger partial charge in [0.15, 0.2) is 0 Å². The van der Waals surface area contributed by atoms with Crippen molar-refractivity contribution in [3.63, 3.8) is 0 Å². The fourth-order valence-electron chi connectivity index (χ4n) is 1.88. The number of nitrogens with one attached hydrogen (secondary N) is 1. The van der Waals surface area contributed by atoms with Gasteiger partial charge in [-0.2, -0.15) is 0 Å². The predicted molar refractivity (Wildman–Crippen MR) is 79.0 cm³/mol. The highest BCUT2D eigenvalue weighted by atomic mass is 32.2. The van der Waals surface area contributed by atoms with Gasteiger partial charge in [0.25, 0.3) is 5.91 Å². The maximum Gasteiger partial charge on any atom is 0.252 e. The van der Waals surface area contributed by atoms with Gasteiger partial charge in [-0.25, -0.2) is 8.42 Å². The molecule has 0 spiro atoms. The molecule has 0 saturated carbocycles. The lowest BCUT2D eigenvalue weighted by atomic mass is 10.1. The van der Waals surface area contributed by atoms with Gasteiger partial charge in [0.1, 0.15) is 17.6 Å². The summed E-state index contributed by atoms with van der Waals surface area (Å²) < 4.78 is 36.0. The second kappa shape index (κ2) is 5.28. The lowest BCUT2D eigenvalue weighted by Crippen LogP contribution is -2.13. The van der Waals surface area contributed by atoms with Crippen LogP contribution in [-0.4, -0.2) is 26.7 Å². The molecule has 114 valence electrons. The second-order valence-electron chi connectivity index (χ2n) is 4.90. The topological polar surface area (TPSA) is 112 Å². The van der Waals surface area contributed by atoms with Crippen molar-refractivity contribution in [1.82, 2.24) is 0 Å². The number of benzene rings is 1. The lowest BCUT2D eigenvalue weighted by Gasteiger charge is -2.15. The second-order valence-corrected chi connectivity index (χ2v) is 6.65. The maximum absolute atomic E-state index is 11.4. The molecule has 8 heteroatoms. The van der Waals surface area contributed by atoms with Crippen LogP contribution in [0.5, 0.6) is 5.75 Å². The van der Waals surface area contributed by atoms with Crippen LogP contribution in [-0.2, 0) is 10.0 Å². The first-order chi connectivity index (χ1) is 9.67. The van der Waals surface area contributed by atoms with E-state index in [-0.39, 0.29) is 17.4 Å². The molecule has 1 amide bonds. The van der Waals surface area contributed by atoms with Gasteiger partial charge in [0, 0.05) is 11.5 Å². The highest BCUT2D eigenvalue weighted by molar-refractivity contribution is 7.92. The van der Waals surface area contributed by atoms with Crippen LogP contribution in [0.15, 0.2) is 22.8 Å². The lowest BCUT2D eigenvalue weighted by molar-refractivity contribution is 0.100. The molecule has 0 bridgehead atoms. The molecule has 1 aromatic heterocycles. The van der Waals surface area contributed by atoms with Crippen molar-refractivity contribution in [3.05, 3.63) is 24.0 Å². The number of carbonyl (C=O) groups excluding carboxylic acids is 1. The summed E-state index contributed by atoms with van der Waals surface area (Å²) in [4.78, 5) is 11.3. The number of ether oxygens (including phenoxy) is 1. The minimum atomic E-state index is -3.48. The van der Waals surface area contributed by atoms with E-state index in [2.05, 4.69) is 4.72 Å². The third-order valence-corrected chi connectivity index (χ3v) is 3.19. The normalized spacial score (nSPS) is 11.8. The Hall–Kier alpha value is -2.22. The Morgan fingerprint density at radius 1 is 1.38 bits per heavy atom. The van der Waals surface area contributed by atoms with Crippen LogP contribution in [0.4, 0.5) is 5.69 Å². The van der Waals surface area contributed by atoms with Gasteiger partial charge in [-0.3, -0.25) is 9.52 Å². The maximum atomic E-state index is 11.4. The Morgan fingerprint density at radius 3 is 2.57 bits per heavy atom. The molecule has 1 heterocycles. The highest BCUT2D eigenvalue weighted by Gasteiger charge is 2.17. The smallest absolute Gasteiger partial charge is 0.252 e. The van der Waals surface area contributed by atoms with Crippen LogP contribution in [0.1, 0.15) is 24.2 Å². The van der Waals surface area contributed by atoms with E-state index in [1.54, 1.807) is 13.8 Å². The summed E-state index contributed by atoms with van der Waals surface area (Å²) in [6.07, 6.45) is 2.09. The van der Waals surface area contributed by atoms with Crippen molar-refractivity contribution in [2.75, 3.05) is 11.0 Å². The van der Waals surface area contributed by atoms with Crippen molar-refractivity contribution in [2.24, 2.45) is 5.73 Å². The van der Waals surface area contributed by atoms with Crippen LogP contribution < -0.4 is 15.2 Å². The number of amides is 1. The van der Waals surface area contributed by atoms with E-state index >= 15 is 0 Å². The van der Waals surface area contributed by atoms with Crippen molar-refractivity contribution >= 4 is 32.6 Å². The largest absolute Gasteiger partial charge is 0.489 e. The molecule has 0 aliphatic carbocycles. The minimum Gasteiger partial charge on any atom is -0.489 e. The summed E-state index contributed by atoms with van der Waals surface area (Å²) in [6, 6.07) is 2.99. The molecule has 0 fully saturated rings. The summed E-state index contributed by atoms with van der Waals surface area (Å²) in [5, 5.41) is 0.470. The van der Waals surface area contributed by atoms with Crippen LogP contribution in [0.25, 0.3) is 11.0 Å². The number of fused-ring (bicyclic) bond motifs is 1. The molecule has 0 radical (unpaired) electrons. The van der Waals surface area contributed by atoms with Gasteiger partial charge in [0.2, 0.25) is 10.0 Å². The van der Waals surface area contributed by atoms with E-state index in [0.29, 0.717) is 16.7 Å². The number of anilines is 1. The molecule has 21 heavy (non-hydrogen) atoms. The number of hydrogen-bond donors (Lipinski definition) is 2. The van der Waals surface area contributed by atoms with E-state index in [9.17, 15) is 13.2 Å². The molecule has 0 aliphatic heterocycles. The molecule has 0 saturated heterocycles. The van der Waals surface area contributed by atoms with Gasteiger partial charge < -0.3 is 14.9 Å². The molecular formula is C13H16N2O5S. The molecule has 3 N–H and O–H groups in total. The van der Waals surface area contributed by atoms with E-state index in [1.165, 1.54) is 18.4 Å². The van der Waals surface area contributed by atoms with E-state index in [4.69, 9.17) is 14.9 Å². The standard InChI is InChI=1S/C13H16N2O5S/c1-7(2)20-12-4-8-9(13(14)16)6-19-11(8)5-10(12)15-21(3,17)18/h4-7,15H,1-3H3,(H2,14,16). The number of furan rings is 1. The minimum absolute atomic E-state index is 0.175. The van der Waals surface area contributed by atoms with E-state index in [1.807, 2.05) is 0 Å². The first kappa shape index (κ1) is 15.2. The molecule has 0 aliphatic rings. The number of hydrogen-bond acceptors (Lipinski definition) is 5. The molecule has 1 aromatic carbocycles. The Morgan fingerprint density at radius 2 is 2.05 bits per heavy atom. The molecular weight excluding hydrogens is 296 g/mol. The van der Waals surface area contributed by atoms with Gasteiger partial charge in [0.05, 0.1) is 23.6 Å². The molecule has 0 unspecified atom stereocenters. The molecule has 7 nitrogen and oxygen atoms in total. The number of primary amides is 1. The number of nitrogens with two attached hydrogens (primary N) is 1. The van der Waals surface area contributed by atoms with Crippen molar-refractivity contribution in [1.29, 1.82) is 0 Å². The Labute approximate surface area is 122 Å². The fourth-order valence-corrected chi connectivity index (χ4v) is 2.43. The van der Waals surface area contributed by atoms with Crippen LogP contribution in [0.3, 0.4) is 0 Å². The van der Waals surface area contributed by atoms with Crippen LogP contribution in [0.2, 0.25) is 0 Å². The summed E-state index contributed by atoms with van der Waals surface area (Å²) in [5.41, 5.74) is 6.06. The van der Waals surface area contributed by atoms with Crippen LogP contribution in [0, 0.1) is 0 Å². The van der Waals surface area contributed by atoms with E-state index < -0.39 is 15.9 Å². The summed E-state index contributed by atoms with van der Waals surface area (Å²) >= 11 is 0. The van der Waals surface area contributed by atoms with Crippen molar-refractivity contribution in [3.8, 4) is 5.75 Å². The summed E-state index contributed by atoms with van der Waals surface area (Å²) in [7, 11) is -3.48. The number of carbonyl (C=O) groups is 1. The zero-order valence-electron chi connectivity index (χ0n) is 11.8. The zero-order valence-corrected chi connectivity index (χ0v) is 12.7. The molecule has 2 rings (SSSR count). The van der Waals surface area contributed by atoms with Gasteiger partial charge in [-0.1, -0.05) is 0 Å². The predicted octanol–water partition coefficient (Wildman–Crippen LogP) is 1.69. The number of sulfonamides is 1. The van der Waals surface area contributed by atoms with Gasteiger partial charge in [-0.15, -0.1) is 0 Å². The SMILES string of the molecule is CC(C)Oc1cc2c(C(N)=O)coc2cc1NS(C)(=O)=O. The van der Waals surface area contributed by atoms with Gasteiger partial charge in [-0.05, 0) is 19.9 Å². The fraction of sp³-hybridized carbons (Fsp3) is 0.308.